The van der Waals surface area contributed by atoms with E-state index in [0.717, 1.165) is 12.0 Å². The maximum absolute atomic E-state index is 13.3. The number of nitrogens with one attached hydrogen (secondary N) is 1. The number of anilines is 1. The van der Waals surface area contributed by atoms with Gasteiger partial charge in [0.25, 0.3) is 5.91 Å². The second kappa shape index (κ2) is 10.8. The molecule has 3 aromatic rings. The number of hydrogen-bond donors (Lipinski definition) is 1. The molecular weight excluding hydrogens is 423 g/mol. The van der Waals surface area contributed by atoms with Crippen molar-refractivity contribution in [2.45, 2.75) is 46.7 Å². The van der Waals surface area contributed by atoms with E-state index >= 15 is 0 Å². The molecule has 0 aliphatic rings. The van der Waals surface area contributed by atoms with E-state index in [1.807, 2.05) is 25.1 Å². The number of tetrazole rings is 1. The fourth-order valence-electron chi connectivity index (χ4n) is 3.33. The van der Waals surface area contributed by atoms with Crippen LogP contribution in [0.4, 0.5) is 10.1 Å². The van der Waals surface area contributed by atoms with Crippen molar-refractivity contribution < 1.29 is 14.0 Å². The first-order chi connectivity index (χ1) is 15.7. The number of benzene rings is 2. The van der Waals surface area contributed by atoms with Gasteiger partial charge in [-0.15, -0.1) is 10.2 Å². The van der Waals surface area contributed by atoms with Gasteiger partial charge >= 0.3 is 0 Å². The first kappa shape index (κ1) is 24.0. The molecule has 0 spiro atoms. The van der Waals surface area contributed by atoms with E-state index in [1.54, 1.807) is 25.1 Å². The third kappa shape index (κ3) is 6.44. The zero-order valence-electron chi connectivity index (χ0n) is 19.3. The lowest BCUT2D eigenvalue weighted by Gasteiger charge is -2.28. The molecule has 9 heteroatoms. The molecule has 0 aliphatic carbocycles. The highest BCUT2D eigenvalue weighted by Gasteiger charge is 2.28. The summed E-state index contributed by atoms with van der Waals surface area (Å²) >= 11 is 0. The van der Waals surface area contributed by atoms with Gasteiger partial charge in [-0.3, -0.25) is 14.5 Å². The van der Waals surface area contributed by atoms with E-state index in [4.69, 9.17) is 0 Å². The quantitative estimate of drug-likeness (QED) is 0.537. The average Bonchev–Trinajstić information content (AvgIpc) is 3.22. The number of carbonyl (C=O) groups excluding carboxylic acids is 2. The summed E-state index contributed by atoms with van der Waals surface area (Å²) in [5.41, 5.74) is 2.17. The molecule has 1 atom stereocenters. The number of aryl methyl sites for hydroxylation is 1. The van der Waals surface area contributed by atoms with Crippen LogP contribution in [0, 0.1) is 18.7 Å². The summed E-state index contributed by atoms with van der Waals surface area (Å²) in [5, 5.41) is 15.1. The van der Waals surface area contributed by atoms with E-state index < -0.39 is 6.04 Å². The molecule has 1 heterocycles. The van der Waals surface area contributed by atoms with Crippen LogP contribution in [0.5, 0.6) is 0 Å². The molecule has 0 fully saturated rings. The van der Waals surface area contributed by atoms with Gasteiger partial charge in [0.15, 0.2) is 0 Å². The van der Waals surface area contributed by atoms with Crippen molar-refractivity contribution in [3.63, 3.8) is 0 Å². The molecule has 174 valence electrons. The monoisotopic (exact) mass is 452 g/mol. The Balaban J connectivity index is 1.79. The maximum atomic E-state index is 13.3. The van der Waals surface area contributed by atoms with Crippen molar-refractivity contribution in [3.8, 4) is 11.4 Å². The number of hydrogen-bond acceptors (Lipinski definition) is 5. The molecular formula is C24H29FN6O2. The molecule has 0 radical (unpaired) electrons. The molecule has 1 aromatic heterocycles. The highest BCUT2D eigenvalue weighted by Crippen LogP contribution is 2.20. The van der Waals surface area contributed by atoms with Crippen LogP contribution < -0.4 is 10.2 Å². The molecule has 3 rings (SSSR count). The summed E-state index contributed by atoms with van der Waals surface area (Å²) in [4.78, 5) is 28.8. The normalized spacial score (nSPS) is 11.9. The van der Waals surface area contributed by atoms with Crippen molar-refractivity contribution in [1.29, 1.82) is 0 Å². The third-order valence-corrected chi connectivity index (χ3v) is 5.17. The third-order valence-electron chi connectivity index (χ3n) is 5.17. The summed E-state index contributed by atoms with van der Waals surface area (Å²) in [6.45, 7) is 8.14. The first-order valence-electron chi connectivity index (χ1n) is 10.9. The number of aromatic nitrogens is 4. The Bertz CT molecular complexity index is 1100. The Hall–Kier alpha value is -3.62. The smallest absolute Gasteiger partial charge is 0.251 e. The molecule has 1 N–H and O–H groups in total. The molecule has 0 saturated heterocycles. The zero-order valence-corrected chi connectivity index (χ0v) is 19.3. The van der Waals surface area contributed by atoms with Gasteiger partial charge in [0, 0.05) is 17.8 Å². The number of rotatable bonds is 9. The fraction of sp³-hybridized carbons (Fsp3) is 0.375. The Labute approximate surface area is 192 Å². The summed E-state index contributed by atoms with van der Waals surface area (Å²) in [6.07, 6.45) is 0.853. The van der Waals surface area contributed by atoms with Gasteiger partial charge in [-0.25, -0.2) is 4.39 Å². The lowest BCUT2D eigenvalue weighted by atomic mass is 10.1. The van der Waals surface area contributed by atoms with E-state index in [1.165, 1.54) is 21.8 Å². The Morgan fingerprint density at radius 3 is 2.52 bits per heavy atom. The minimum Gasteiger partial charge on any atom is -0.354 e. The average molecular weight is 453 g/mol. The van der Waals surface area contributed by atoms with Crippen LogP contribution in [0.15, 0.2) is 48.5 Å². The van der Waals surface area contributed by atoms with Crippen LogP contribution in [0.25, 0.3) is 11.4 Å². The number of halogens is 1. The van der Waals surface area contributed by atoms with Crippen molar-refractivity contribution >= 4 is 17.5 Å². The topological polar surface area (TPSA) is 93.0 Å². The highest BCUT2D eigenvalue weighted by atomic mass is 19.1. The molecule has 0 bridgehead atoms. The van der Waals surface area contributed by atoms with Gasteiger partial charge < -0.3 is 5.32 Å². The SMILES string of the molecule is Cc1cccc(N(C(=O)Cn2nnc(-c3ccc(F)cc3)n2)[C@@H](C)C(=O)NCCC(C)C)c1. The summed E-state index contributed by atoms with van der Waals surface area (Å²) in [6, 6.07) is 12.4. The van der Waals surface area contributed by atoms with Crippen LogP contribution in [-0.4, -0.2) is 44.6 Å². The van der Waals surface area contributed by atoms with Crippen LogP contribution >= 0.6 is 0 Å². The van der Waals surface area contributed by atoms with Gasteiger partial charge in [-0.05, 0) is 73.4 Å². The molecule has 8 nitrogen and oxygen atoms in total. The van der Waals surface area contributed by atoms with Crippen LogP contribution in [0.2, 0.25) is 0 Å². The second-order valence-corrected chi connectivity index (χ2v) is 8.40. The molecule has 2 amide bonds. The van der Waals surface area contributed by atoms with Crippen LogP contribution in [0.3, 0.4) is 0 Å². The molecule has 0 saturated carbocycles. The van der Waals surface area contributed by atoms with Crippen molar-refractivity contribution in [2.75, 3.05) is 11.4 Å². The van der Waals surface area contributed by atoms with Crippen molar-refractivity contribution in [2.24, 2.45) is 5.92 Å². The summed E-state index contributed by atoms with van der Waals surface area (Å²) in [7, 11) is 0. The standard InChI is InChI=1S/C24H29FN6O2/c1-16(2)12-13-26-24(33)18(4)31(21-7-5-6-17(3)14-21)22(32)15-30-28-23(27-29-30)19-8-10-20(25)11-9-19/h5-11,14,16,18H,12-13,15H2,1-4H3,(H,26,33)/t18-/m0/s1. The van der Waals surface area contributed by atoms with Crippen molar-refractivity contribution in [3.05, 3.63) is 59.9 Å². The molecule has 0 aliphatic heterocycles. The number of nitrogens with zero attached hydrogens (tertiary/aromatic N) is 5. The summed E-state index contributed by atoms with van der Waals surface area (Å²) in [5.74, 6) is -0.205. The van der Waals surface area contributed by atoms with Crippen molar-refractivity contribution in [1.82, 2.24) is 25.5 Å². The predicted molar refractivity (Wildman–Crippen MR) is 124 cm³/mol. The lowest BCUT2D eigenvalue weighted by Crippen LogP contribution is -2.49. The highest BCUT2D eigenvalue weighted by molar-refractivity contribution is 6.00. The maximum Gasteiger partial charge on any atom is 0.251 e. The van der Waals surface area contributed by atoms with Gasteiger partial charge in [0.05, 0.1) is 0 Å². The molecule has 33 heavy (non-hydrogen) atoms. The van der Waals surface area contributed by atoms with Gasteiger partial charge in [0.2, 0.25) is 11.7 Å². The van der Waals surface area contributed by atoms with Gasteiger partial charge in [-0.2, -0.15) is 4.80 Å². The van der Waals surface area contributed by atoms with Crippen LogP contribution in [0.1, 0.15) is 32.8 Å². The second-order valence-electron chi connectivity index (χ2n) is 8.40. The Kier molecular flexibility index (Phi) is 7.87. The van der Waals surface area contributed by atoms with E-state index in [2.05, 4.69) is 34.6 Å². The van der Waals surface area contributed by atoms with E-state index in [9.17, 15) is 14.0 Å². The zero-order chi connectivity index (χ0) is 24.0. The Morgan fingerprint density at radius 1 is 1.12 bits per heavy atom. The van der Waals surface area contributed by atoms with Crippen LogP contribution in [-0.2, 0) is 16.1 Å². The summed E-state index contributed by atoms with van der Waals surface area (Å²) < 4.78 is 13.2. The minimum absolute atomic E-state index is 0.203. The number of carbonyl (C=O) groups is 2. The van der Waals surface area contributed by atoms with E-state index in [-0.39, 0.29) is 30.0 Å². The first-order valence-corrected chi connectivity index (χ1v) is 10.9. The number of amides is 2. The molecule has 2 aromatic carbocycles. The van der Waals surface area contributed by atoms with Gasteiger partial charge in [-0.1, -0.05) is 26.0 Å². The Morgan fingerprint density at radius 2 is 1.85 bits per heavy atom. The lowest BCUT2D eigenvalue weighted by molar-refractivity contribution is -0.126. The van der Waals surface area contributed by atoms with Gasteiger partial charge in [0.1, 0.15) is 18.4 Å². The minimum atomic E-state index is -0.730. The fourth-order valence-corrected chi connectivity index (χ4v) is 3.33. The molecule has 0 unspecified atom stereocenters. The van der Waals surface area contributed by atoms with E-state index in [0.29, 0.717) is 23.7 Å². The predicted octanol–water partition coefficient (Wildman–Crippen LogP) is 3.37. The largest absolute Gasteiger partial charge is 0.354 e.